The Morgan fingerprint density at radius 3 is 2.76 bits per heavy atom. The lowest BCUT2D eigenvalue weighted by atomic mass is 9.69. The van der Waals surface area contributed by atoms with Gasteiger partial charge in [0.15, 0.2) is 0 Å². The Morgan fingerprint density at radius 1 is 1.47 bits per heavy atom. The number of aromatic nitrogens is 1. The van der Waals surface area contributed by atoms with Crippen LogP contribution < -0.4 is 5.73 Å². The lowest BCUT2D eigenvalue weighted by molar-refractivity contribution is -0.123. The zero-order valence-electron chi connectivity index (χ0n) is 10.3. The van der Waals surface area contributed by atoms with Crippen molar-refractivity contribution in [2.24, 2.45) is 5.92 Å². The molecular weight excluding hydrogens is 216 g/mol. The molecule has 0 aromatic carbocycles. The molecule has 1 aromatic rings. The van der Waals surface area contributed by atoms with Crippen molar-refractivity contribution in [1.29, 1.82) is 0 Å². The first-order valence-electron chi connectivity index (χ1n) is 6.02. The molecule has 0 unspecified atom stereocenters. The Kier molecular flexibility index (Phi) is 3.10. The second-order valence-electron chi connectivity index (χ2n) is 5.32. The Balaban J connectivity index is 2.24. The maximum absolute atomic E-state index is 10.2. The molecule has 4 heteroatoms. The fraction of sp³-hybridized carbons (Fsp3) is 0.615. The summed E-state index contributed by atoms with van der Waals surface area (Å²) in [6.45, 7) is 3.67. The van der Waals surface area contributed by atoms with E-state index in [1.54, 1.807) is 19.3 Å². The highest BCUT2D eigenvalue weighted by Crippen LogP contribution is 2.42. The van der Waals surface area contributed by atoms with Gasteiger partial charge in [0, 0.05) is 6.20 Å². The molecule has 0 radical (unpaired) electrons. The number of pyridine rings is 1. The average molecular weight is 236 g/mol. The van der Waals surface area contributed by atoms with E-state index < -0.39 is 11.7 Å². The van der Waals surface area contributed by atoms with E-state index >= 15 is 0 Å². The third kappa shape index (κ3) is 2.15. The molecule has 0 saturated heterocycles. The number of aliphatic hydroxyl groups excluding tert-OH is 1. The van der Waals surface area contributed by atoms with Crippen LogP contribution in [-0.2, 0) is 0 Å². The molecule has 1 aliphatic carbocycles. The van der Waals surface area contributed by atoms with Crippen molar-refractivity contribution < 1.29 is 10.2 Å². The second-order valence-corrected chi connectivity index (χ2v) is 5.32. The van der Waals surface area contributed by atoms with Gasteiger partial charge in [0.2, 0.25) is 0 Å². The molecule has 1 fully saturated rings. The van der Waals surface area contributed by atoms with Crippen molar-refractivity contribution in [3.63, 3.8) is 0 Å². The first-order chi connectivity index (χ1) is 7.93. The van der Waals surface area contributed by atoms with E-state index in [9.17, 15) is 10.2 Å². The molecule has 17 heavy (non-hydrogen) atoms. The molecule has 1 aromatic heterocycles. The van der Waals surface area contributed by atoms with E-state index in [1.165, 1.54) is 0 Å². The molecule has 0 amide bonds. The van der Waals surface area contributed by atoms with Crippen LogP contribution in [0.15, 0.2) is 18.5 Å². The highest BCUT2D eigenvalue weighted by molar-refractivity contribution is 5.46. The standard InChI is InChI=1S/C13H20N2O2/c1-8-5-9(6-12(16)13(8,2)17)10-3-4-15-7-11(10)14/h3-4,7-9,12,16-17H,5-6,14H2,1-2H3/t8-,9+,12+,13+/m0/s1. The van der Waals surface area contributed by atoms with Crippen molar-refractivity contribution >= 4 is 5.69 Å². The number of nitrogens with two attached hydrogens (primary N) is 1. The maximum Gasteiger partial charge on any atom is 0.0903 e. The van der Waals surface area contributed by atoms with Gasteiger partial charge >= 0.3 is 0 Å². The number of hydrogen-bond donors (Lipinski definition) is 3. The van der Waals surface area contributed by atoms with Gasteiger partial charge in [-0.25, -0.2) is 0 Å². The molecule has 4 N–H and O–H groups in total. The summed E-state index contributed by atoms with van der Waals surface area (Å²) in [4.78, 5) is 3.97. The van der Waals surface area contributed by atoms with Crippen molar-refractivity contribution in [3.05, 3.63) is 24.0 Å². The third-order valence-corrected chi connectivity index (χ3v) is 4.15. The van der Waals surface area contributed by atoms with E-state index in [4.69, 9.17) is 5.73 Å². The van der Waals surface area contributed by atoms with Crippen molar-refractivity contribution in [1.82, 2.24) is 4.98 Å². The number of anilines is 1. The highest BCUT2D eigenvalue weighted by atomic mass is 16.3. The van der Waals surface area contributed by atoms with Gasteiger partial charge in [-0.3, -0.25) is 4.98 Å². The lowest BCUT2D eigenvalue weighted by Gasteiger charge is -2.43. The predicted molar refractivity (Wildman–Crippen MR) is 66.4 cm³/mol. The average Bonchev–Trinajstić information content (AvgIpc) is 2.26. The number of rotatable bonds is 1. The Bertz CT molecular complexity index is 392. The molecule has 0 spiro atoms. The summed E-state index contributed by atoms with van der Waals surface area (Å²) in [6.07, 6.45) is 4.03. The van der Waals surface area contributed by atoms with E-state index in [2.05, 4.69) is 4.98 Å². The van der Waals surface area contributed by atoms with Crippen LogP contribution in [0.1, 0.15) is 38.2 Å². The van der Waals surface area contributed by atoms with Crippen LogP contribution in [0.5, 0.6) is 0 Å². The number of hydrogen-bond acceptors (Lipinski definition) is 4. The summed E-state index contributed by atoms with van der Waals surface area (Å²) < 4.78 is 0. The Hall–Kier alpha value is -1.13. The van der Waals surface area contributed by atoms with E-state index in [-0.39, 0.29) is 11.8 Å². The monoisotopic (exact) mass is 236 g/mol. The summed E-state index contributed by atoms with van der Waals surface area (Å²) in [5, 5.41) is 20.2. The molecule has 4 nitrogen and oxygen atoms in total. The van der Waals surface area contributed by atoms with E-state index in [0.717, 1.165) is 12.0 Å². The topological polar surface area (TPSA) is 79.4 Å². The second kappa shape index (κ2) is 4.27. The van der Waals surface area contributed by atoms with Gasteiger partial charge < -0.3 is 15.9 Å². The molecule has 1 heterocycles. The minimum absolute atomic E-state index is 0.0452. The fourth-order valence-electron chi connectivity index (χ4n) is 2.64. The molecule has 2 rings (SSSR count). The Morgan fingerprint density at radius 2 is 2.18 bits per heavy atom. The first-order valence-corrected chi connectivity index (χ1v) is 6.02. The first kappa shape index (κ1) is 12.3. The van der Waals surface area contributed by atoms with Crippen molar-refractivity contribution in [3.8, 4) is 0 Å². The van der Waals surface area contributed by atoms with Crippen LogP contribution in [-0.4, -0.2) is 26.9 Å². The van der Waals surface area contributed by atoms with Crippen LogP contribution in [0, 0.1) is 5.92 Å². The van der Waals surface area contributed by atoms with E-state index in [0.29, 0.717) is 12.1 Å². The minimum atomic E-state index is -1.00. The summed E-state index contributed by atoms with van der Waals surface area (Å²) in [7, 11) is 0. The summed E-state index contributed by atoms with van der Waals surface area (Å²) in [6, 6.07) is 1.90. The van der Waals surface area contributed by atoms with Gasteiger partial charge in [0.05, 0.1) is 23.6 Å². The van der Waals surface area contributed by atoms with Gasteiger partial charge in [0.1, 0.15) is 0 Å². The quantitative estimate of drug-likeness (QED) is 0.686. The van der Waals surface area contributed by atoms with Crippen molar-refractivity contribution in [2.75, 3.05) is 5.73 Å². The normalized spacial score (nSPS) is 38.0. The zero-order chi connectivity index (χ0) is 12.6. The van der Waals surface area contributed by atoms with Gasteiger partial charge in [-0.1, -0.05) is 6.92 Å². The fourth-order valence-corrected chi connectivity index (χ4v) is 2.64. The van der Waals surface area contributed by atoms with Crippen LogP contribution in [0.4, 0.5) is 5.69 Å². The van der Waals surface area contributed by atoms with Crippen molar-refractivity contribution in [2.45, 2.75) is 44.3 Å². The SMILES string of the molecule is C[C@H]1C[C@@H](c2ccncc2N)C[C@@H](O)[C@]1(C)O. The maximum atomic E-state index is 10.2. The summed E-state index contributed by atoms with van der Waals surface area (Å²) in [5.74, 6) is 0.243. The Labute approximate surface area is 101 Å². The van der Waals surface area contributed by atoms with Crippen LogP contribution in [0.2, 0.25) is 0 Å². The van der Waals surface area contributed by atoms with Crippen LogP contribution >= 0.6 is 0 Å². The van der Waals surface area contributed by atoms with Gasteiger partial charge in [0.25, 0.3) is 0 Å². The molecule has 4 atom stereocenters. The summed E-state index contributed by atoms with van der Waals surface area (Å²) >= 11 is 0. The number of nitrogens with zero attached hydrogens (tertiary/aromatic N) is 1. The molecule has 0 aliphatic heterocycles. The smallest absolute Gasteiger partial charge is 0.0903 e. The van der Waals surface area contributed by atoms with E-state index in [1.807, 2.05) is 13.0 Å². The van der Waals surface area contributed by atoms with Crippen LogP contribution in [0.3, 0.4) is 0 Å². The minimum Gasteiger partial charge on any atom is -0.397 e. The summed E-state index contributed by atoms with van der Waals surface area (Å²) in [5.41, 5.74) is 6.60. The highest BCUT2D eigenvalue weighted by Gasteiger charge is 2.43. The molecule has 1 aliphatic rings. The van der Waals surface area contributed by atoms with Gasteiger partial charge in [-0.05, 0) is 43.2 Å². The zero-order valence-corrected chi connectivity index (χ0v) is 10.3. The molecular formula is C13H20N2O2. The molecule has 0 bridgehead atoms. The molecule has 94 valence electrons. The largest absolute Gasteiger partial charge is 0.397 e. The number of nitrogen functional groups attached to an aromatic ring is 1. The predicted octanol–water partition coefficient (Wildman–Crippen LogP) is 1.29. The lowest BCUT2D eigenvalue weighted by Crippen LogP contribution is -2.49. The molecule has 1 saturated carbocycles. The van der Waals surface area contributed by atoms with Crippen LogP contribution in [0.25, 0.3) is 0 Å². The third-order valence-electron chi connectivity index (χ3n) is 4.15. The van der Waals surface area contributed by atoms with Gasteiger partial charge in [-0.15, -0.1) is 0 Å². The van der Waals surface area contributed by atoms with Gasteiger partial charge in [-0.2, -0.15) is 0 Å². The number of aliphatic hydroxyl groups is 2.